The SMILES string of the molecule is CC(C)c1nc(Cl)cc(-c2ccc3ccccc3c2)n1. The van der Waals surface area contributed by atoms with E-state index in [2.05, 4.69) is 54.1 Å². The standard InChI is InChI=1S/C17H15ClN2/c1-11(2)17-19-15(10-16(18)20-17)14-8-7-12-5-3-4-6-13(12)9-14/h3-11H,1-2H3. The van der Waals surface area contributed by atoms with E-state index >= 15 is 0 Å². The van der Waals surface area contributed by atoms with Gasteiger partial charge in [0, 0.05) is 17.5 Å². The van der Waals surface area contributed by atoms with Gasteiger partial charge >= 0.3 is 0 Å². The van der Waals surface area contributed by atoms with Crippen molar-refractivity contribution >= 4 is 22.4 Å². The lowest BCUT2D eigenvalue weighted by atomic mass is 10.0. The Balaban J connectivity index is 2.15. The molecule has 3 rings (SSSR count). The van der Waals surface area contributed by atoms with Crippen molar-refractivity contribution in [3.63, 3.8) is 0 Å². The van der Waals surface area contributed by atoms with E-state index in [1.54, 1.807) is 0 Å². The van der Waals surface area contributed by atoms with Crippen LogP contribution in [-0.2, 0) is 0 Å². The molecule has 3 aromatic rings. The molecule has 0 amide bonds. The molecule has 0 aliphatic heterocycles. The fourth-order valence-corrected chi connectivity index (χ4v) is 2.38. The van der Waals surface area contributed by atoms with E-state index in [0.29, 0.717) is 5.15 Å². The minimum Gasteiger partial charge on any atom is -0.233 e. The summed E-state index contributed by atoms with van der Waals surface area (Å²) >= 11 is 6.11. The quantitative estimate of drug-likeness (QED) is 0.613. The molecule has 1 heterocycles. The van der Waals surface area contributed by atoms with Crippen molar-refractivity contribution in [1.82, 2.24) is 9.97 Å². The zero-order chi connectivity index (χ0) is 14.1. The summed E-state index contributed by atoms with van der Waals surface area (Å²) in [6.45, 7) is 4.13. The van der Waals surface area contributed by atoms with E-state index in [9.17, 15) is 0 Å². The molecule has 0 N–H and O–H groups in total. The summed E-state index contributed by atoms with van der Waals surface area (Å²) in [5.41, 5.74) is 1.94. The first-order valence-corrected chi connectivity index (χ1v) is 7.05. The van der Waals surface area contributed by atoms with E-state index in [1.165, 1.54) is 10.8 Å². The molecule has 0 saturated heterocycles. The van der Waals surface area contributed by atoms with Crippen molar-refractivity contribution in [2.45, 2.75) is 19.8 Å². The van der Waals surface area contributed by atoms with E-state index in [1.807, 2.05) is 18.2 Å². The van der Waals surface area contributed by atoms with Crippen LogP contribution in [0.4, 0.5) is 0 Å². The molecule has 0 spiro atoms. The van der Waals surface area contributed by atoms with Crippen molar-refractivity contribution in [2.24, 2.45) is 0 Å². The van der Waals surface area contributed by atoms with Crippen LogP contribution in [-0.4, -0.2) is 9.97 Å². The number of nitrogens with zero attached hydrogens (tertiary/aromatic N) is 2. The number of rotatable bonds is 2. The maximum absolute atomic E-state index is 6.11. The van der Waals surface area contributed by atoms with Crippen molar-refractivity contribution in [2.75, 3.05) is 0 Å². The highest BCUT2D eigenvalue weighted by Gasteiger charge is 2.09. The summed E-state index contributed by atoms with van der Waals surface area (Å²) in [5.74, 6) is 1.04. The molecule has 0 saturated carbocycles. The lowest BCUT2D eigenvalue weighted by Gasteiger charge is -2.08. The van der Waals surface area contributed by atoms with Crippen LogP contribution in [0, 0.1) is 0 Å². The summed E-state index contributed by atoms with van der Waals surface area (Å²) in [7, 11) is 0. The molecule has 0 bridgehead atoms. The van der Waals surface area contributed by atoms with Gasteiger partial charge in [-0.25, -0.2) is 9.97 Å². The minimum absolute atomic E-state index is 0.257. The molecule has 0 atom stereocenters. The van der Waals surface area contributed by atoms with E-state index in [0.717, 1.165) is 17.1 Å². The minimum atomic E-state index is 0.257. The molecule has 100 valence electrons. The van der Waals surface area contributed by atoms with Gasteiger partial charge in [-0.05, 0) is 16.8 Å². The normalized spacial score (nSPS) is 11.2. The smallest absolute Gasteiger partial charge is 0.133 e. The molecule has 2 nitrogen and oxygen atoms in total. The van der Waals surface area contributed by atoms with Gasteiger partial charge in [0.05, 0.1) is 5.69 Å². The highest BCUT2D eigenvalue weighted by molar-refractivity contribution is 6.29. The first-order valence-electron chi connectivity index (χ1n) is 6.67. The molecule has 1 aromatic heterocycles. The van der Waals surface area contributed by atoms with Crippen molar-refractivity contribution in [3.05, 3.63) is 59.5 Å². The van der Waals surface area contributed by atoms with Crippen molar-refractivity contribution in [1.29, 1.82) is 0 Å². The summed E-state index contributed by atoms with van der Waals surface area (Å²) in [6, 6.07) is 16.4. The zero-order valence-corrected chi connectivity index (χ0v) is 12.2. The summed E-state index contributed by atoms with van der Waals surface area (Å²) in [4.78, 5) is 8.89. The Bertz CT molecular complexity index is 766. The molecule has 0 aliphatic rings. The van der Waals surface area contributed by atoms with Crippen LogP contribution in [0.25, 0.3) is 22.0 Å². The molecule has 0 unspecified atom stereocenters. The second kappa shape index (κ2) is 5.22. The van der Waals surface area contributed by atoms with Gasteiger partial charge in [-0.3, -0.25) is 0 Å². The zero-order valence-electron chi connectivity index (χ0n) is 11.5. The number of hydrogen-bond donors (Lipinski definition) is 0. The van der Waals surface area contributed by atoms with E-state index < -0.39 is 0 Å². The third kappa shape index (κ3) is 2.52. The third-order valence-corrected chi connectivity index (χ3v) is 3.47. The molecular formula is C17H15ClN2. The number of aromatic nitrogens is 2. The first kappa shape index (κ1) is 13.1. The largest absolute Gasteiger partial charge is 0.233 e. The van der Waals surface area contributed by atoms with Crippen LogP contribution in [0.1, 0.15) is 25.6 Å². The van der Waals surface area contributed by atoms with Crippen molar-refractivity contribution < 1.29 is 0 Å². The lowest BCUT2D eigenvalue weighted by molar-refractivity contribution is 0.776. The summed E-state index contributed by atoms with van der Waals surface area (Å²) in [6.07, 6.45) is 0. The first-order chi connectivity index (χ1) is 9.63. The monoisotopic (exact) mass is 282 g/mol. The Morgan fingerprint density at radius 3 is 2.40 bits per heavy atom. The Morgan fingerprint density at radius 1 is 0.900 bits per heavy atom. The number of fused-ring (bicyclic) bond motifs is 1. The van der Waals surface area contributed by atoms with E-state index in [4.69, 9.17) is 11.6 Å². The second-order valence-electron chi connectivity index (χ2n) is 5.15. The van der Waals surface area contributed by atoms with Crippen LogP contribution in [0.15, 0.2) is 48.5 Å². The van der Waals surface area contributed by atoms with Gasteiger partial charge in [-0.15, -0.1) is 0 Å². The molecule has 20 heavy (non-hydrogen) atoms. The molecule has 2 aromatic carbocycles. The van der Waals surface area contributed by atoms with Crippen molar-refractivity contribution in [3.8, 4) is 11.3 Å². The molecule has 0 fully saturated rings. The molecule has 0 radical (unpaired) electrons. The predicted octanol–water partition coefficient (Wildman–Crippen LogP) is 5.07. The van der Waals surface area contributed by atoms with E-state index in [-0.39, 0.29) is 5.92 Å². The fourth-order valence-electron chi connectivity index (χ4n) is 2.19. The predicted molar refractivity (Wildman–Crippen MR) is 84.1 cm³/mol. The lowest BCUT2D eigenvalue weighted by Crippen LogP contribution is -1.99. The Labute approximate surface area is 123 Å². The van der Waals surface area contributed by atoms with Gasteiger partial charge in [0.1, 0.15) is 11.0 Å². The van der Waals surface area contributed by atoms with Crippen LogP contribution in [0.3, 0.4) is 0 Å². The van der Waals surface area contributed by atoms with Gasteiger partial charge in [0.25, 0.3) is 0 Å². The Morgan fingerprint density at radius 2 is 1.65 bits per heavy atom. The van der Waals surface area contributed by atoms with Gasteiger partial charge in [-0.2, -0.15) is 0 Å². The molecule has 3 heteroatoms. The van der Waals surface area contributed by atoms with Gasteiger partial charge < -0.3 is 0 Å². The Kier molecular flexibility index (Phi) is 3.41. The fraction of sp³-hybridized carbons (Fsp3) is 0.176. The topological polar surface area (TPSA) is 25.8 Å². The molecule has 0 aliphatic carbocycles. The maximum atomic E-state index is 6.11. The number of benzene rings is 2. The second-order valence-corrected chi connectivity index (χ2v) is 5.54. The van der Waals surface area contributed by atoms with Gasteiger partial charge in [-0.1, -0.05) is 61.8 Å². The van der Waals surface area contributed by atoms with Crippen LogP contribution >= 0.6 is 11.6 Å². The number of halogens is 1. The Hall–Kier alpha value is -1.93. The average molecular weight is 283 g/mol. The average Bonchev–Trinajstić information content (AvgIpc) is 2.46. The van der Waals surface area contributed by atoms with Gasteiger partial charge in [0.15, 0.2) is 0 Å². The highest BCUT2D eigenvalue weighted by Crippen LogP contribution is 2.25. The van der Waals surface area contributed by atoms with Crippen LogP contribution in [0.2, 0.25) is 5.15 Å². The maximum Gasteiger partial charge on any atom is 0.133 e. The third-order valence-electron chi connectivity index (χ3n) is 3.27. The summed E-state index contributed by atoms with van der Waals surface area (Å²) < 4.78 is 0. The highest BCUT2D eigenvalue weighted by atomic mass is 35.5. The summed E-state index contributed by atoms with van der Waals surface area (Å²) in [5, 5.41) is 2.91. The molecular weight excluding hydrogens is 268 g/mol. The van der Waals surface area contributed by atoms with Gasteiger partial charge in [0.2, 0.25) is 0 Å². The number of hydrogen-bond acceptors (Lipinski definition) is 2. The van der Waals surface area contributed by atoms with Crippen LogP contribution in [0.5, 0.6) is 0 Å². The van der Waals surface area contributed by atoms with Crippen LogP contribution < -0.4 is 0 Å².